The number of amides is 1. The summed E-state index contributed by atoms with van der Waals surface area (Å²) in [6.07, 6.45) is 3.18. The van der Waals surface area contributed by atoms with Gasteiger partial charge in [0.1, 0.15) is 5.75 Å². The second-order valence-electron chi connectivity index (χ2n) is 5.26. The summed E-state index contributed by atoms with van der Waals surface area (Å²) in [6, 6.07) is 12.2. The van der Waals surface area contributed by atoms with Crippen molar-refractivity contribution in [3.63, 3.8) is 0 Å². The summed E-state index contributed by atoms with van der Waals surface area (Å²) in [5, 5.41) is 7.45. The zero-order chi connectivity index (χ0) is 17.2. The Morgan fingerprint density at radius 3 is 2.88 bits per heavy atom. The number of rotatable bonds is 4. The summed E-state index contributed by atoms with van der Waals surface area (Å²) in [4.78, 5) is 16.8. The van der Waals surface area contributed by atoms with Crippen LogP contribution >= 0.6 is 0 Å². The predicted octanol–water partition coefficient (Wildman–Crippen LogP) is 3.74. The van der Waals surface area contributed by atoms with Gasteiger partial charge in [-0.1, -0.05) is 11.2 Å². The lowest BCUT2D eigenvalue weighted by molar-refractivity contribution is 0.101. The molecule has 0 spiro atoms. The normalized spacial score (nSPS) is 10.8. The van der Waals surface area contributed by atoms with Crippen LogP contribution in [0.4, 0.5) is 5.69 Å². The largest absolute Gasteiger partial charge is 0.497 e. The Balaban J connectivity index is 1.66. The van der Waals surface area contributed by atoms with Gasteiger partial charge in [0.25, 0.3) is 5.91 Å². The highest BCUT2D eigenvalue weighted by atomic mass is 16.5. The first-order valence-electron chi connectivity index (χ1n) is 7.49. The van der Waals surface area contributed by atoms with Crippen molar-refractivity contribution in [2.75, 3.05) is 12.4 Å². The van der Waals surface area contributed by atoms with E-state index in [1.54, 1.807) is 31.5 Å². The van der Waals surface area contributed by atoms with Crippen LogP contribution in [-0.4, -0.2) is 23.2 Å². The van der Waals surface area contributed by atoms with E-state index in [0.717, 1.165) is 5.39 Å². The Morgan fingerprint density at radius 2 is 2.08 bits per heavy atom. The molecule has 25 heavy (non-hydrogen) atoms. The first-order chi connectivity index (χ1) is 12.2. The number of nitrogens with zero attached hydrogens (tertiary/aromatic N) is 2. The molecule has 1 amide bonds. The van der Waals surface area contributed by atoms with Crippen LogP contribution < -0.4 is 10.1 Å². The minimum absolute atomic E-state index is 0.137. The van der Waals surface area contributed by atoms with E-state index in [1.807, 2.05) is 18.2 Å². The van der Waals surface area contributed by atoms with E-state index in [-0.39, 0.29) is 5.69 Å². The Hall–Kier alpha value is -3.61. The van der Waals surface area contributed by atoms with E-state index >= 15 is 0 Å². The van der Waals surface area contributed by atoms with Crippen molar-refractivity contribution in [1.29, 1.82) is 0 Å². The van der Waals surface area contributed by atoms with Crippen LogP contribution in [0.25, 0.3) is 22.4 Å². The second kappa shape index (κ2) is 6.12. The summed E-state index contributed by atoms with van der Waals surface area (Å²) in [6.45, 7) is 0. The van der Waals surface area contributed by atoms with E-state index in [2.05, 4.69) is 15.5 Å². The lowest BCUT2D eigenvalue weighted by atomic mass is 10.1. The molecule has 0 saturated carbocycles. The number of aromatic nitrogens is 2. The Bertz CT molecular complexity index is 1040. The fourth-order valence-electron chi connectivity index (χ4n) is 2.48. The maximum atomic E-state index is 12.5. The molecular formula is C18H13N3O4. The maximum Gasteiger partial charge on any atom is 0.277 e. The molecule has 1 N–H and O–H groups in total. The maximum absolute atomic E-state index is 12.5. The van der Waals surface area contributed by atoms with Crippen molar-refractivity contribution in [2.45, 2.75) is 0 Å². The summed E-state index contributed by atoms with van der Waals surface area (Å²) >= 11 is 0. The Labute approximate surface area is 142 Å². The average molecular weight is 335 g/mol. The number of carbonyl (C=O) groups is 1. The Morgan fingerprint density at radius 1 is 1.16 bits per heavy atom. The molecule has 3 aromatic heterocycles. The van der Waals surface area contributed by atoms with E-state index < -0.39 is 5.91 Å². The average Bonchev–Trinajstić information content (AvgIpc) is 3.32. The number of ether oxygens (including phenoxy) is 1. The second-order valence-corrected chi connectivity index (χ2v) is 5.26. The SMILES string of the molecule is COc1cc(NC(=O)c2cc(-c3ccco3)on2)c2ncccc2c1. The molecule has 0 radical (unpaired) electrons. The van der Waals surface area contributed by atoms with E-state index in [4.69, 9.17) is 13.7 Å². The van der Waals surface area contributed by atoms with Gasteiger partial charge in [0.15, 0.2) is 11.5 Å². The van der Waals surface area contributed by atoms with Crippen molar-refractivity contribution < 1.29 is 18.5 Å². The number of fused-ring (bicyclic) bond motifs is 1. The lowest BCUT2D eigenvalue weighted by Crippen LogP contribution is -2.12. The van der Waals surface area contributed by atoms with Crippen LogP contribution in [0.3, 0.4) is 0 Å². The number of methoxy groups -OCH3 is 1. The highest BCUT2D eigenvalue weighted by molar-refractivity contribution is 6.07. The number of carbonyl (C=O) groups excluding carboxylic acids is 1. The van der Waals surface area contributed by atoms with Crippen LogP contribution in [0.15, 0.2) is 63.9 Å². The highest BCUT2D eigenvalue weighted by Crippen LogP contribution is 2.28. The van der Waals surface area contributed by atoms with Gasteiger partial charge < -0.3 is 19.0 Å². The van der Waals surface area contributed by atoms with Gasteiger partial charge in [-0.25, -0.2) is 0 Å². The molecule has 4 rings (SSSR count). The van der Waals surface area contributed by atoms with Crippen molar-refractivity contribution in [3.8, 4) is 17.3 Å². The monoisotopic (exact) mass is 335 g/mol. The molecule has 0 aliphatic heterocycles. The van der Waals surface area contributed by atoms with E-state index in [1.165, 1.54) is 12.3 Å². The van der Waals surface area contributed by atoms with Crippen molar-refractivity contribution in [1.82, 2.24) is 10.1 Å². The van der Waals surface area contributed by atoms with Gasteiger partial charge in [-0.15, -0.1) is 0 Å². The minimum atomic E-state index is -0.415. The lowest BCUT2D eigenvalue weighted by Gasteiger charge is -2.09. The van der Waals surface area contributed by atoms with Gasteiger partial charge >= 0.3 is 0 Å². The van der Waals surface area contributed by atoms with Gasteiger partial charge in [-0.05, 0) is 24.3 Å². The smallest absolute Gasteiger partial charge is 0.277 e. The fourth-order valence-corrected chi connectivity index (χ4v) is 2.48. The first-order valence-corrected chi connectivity index (χ1v) is 7.49. The number of pyridine rings is 1. The summed E-state index contributed by atoms with van der Waals surface area (Å²) in [7, 11) is 1.57. The number of benzene rings is 1. The topological polar surface area (TPSA) is 90.4 Å². The third-order valence-electron chi connectivity index (χ3n) is 3.67. The number of hydrogen-bond donors (Lipinski definition) is 1. The minimum Gasteiger partial charge on any atom is -0.497 e. The van der Waals surface area contributed by atoms with Crippen molar-refractivity contribution in [2.24, 2.45) is 0 Å². The molecule has 124 valence electrons. The predicted molar refractivity (Wildman–Crippen MR) is 90.5 cm³/mol. The Kier molecular flexibility index (Phi) is 3.66. The zero-order valence-electron chi connectivity index (χ0n) is 13.2. The molecule has 0 aliphatic rings. The molecule has 0 saturated heterocycles. The van der Waals surface area contributed by atoms with Crippen LogP contribution in [0.1, 0.15) is 10.5 Å². The van der Waals surface area contributed by atoms with Crippen LogP contribution in [-0.2, 0) is 0 Å². The molecule has 7 nitrogen and oxygen atoms in total. The third kappa shape index (κ3) is 2.83. The quantitative estimate of drug-likeness (QED) is 0.611. The molecule has 0 unspecified atom stereocenters. The molecule has 4 aromatic rings. The molecule has 3 heterocycles. The number of nitrogens with one attached hydrogen (secondary N) is 1. The van der Waals surface area contributed by atoms with Crippen molar-refractivity contribution in [3.05, 3.63) is 60.6 Å². The number of hydrogen-bond acceptors (Lipinski definition) is 6. The molecule has 1 aromatic carbocycles. The fraction of sp³-hybridized carbons (Fsp3) is 0.0556. The van der Waals surface area contributed by atoms with Crippen LogP contribution in [0.5, 0.6) is 5.75 Å². The van der Waals surface area contributed by atoms with E-state index in [0.29, 0.717) is 28.5 Å². The standard InChI is InChI=1S/C18H13N3O4/c1-23-12-8-11-4-2-6-19-17(11)13(9-12)20-18(22)14-10-16(25-21-14)15-5-3-7-24-15/h2-10H,1H3,(H,20,22). The van der Waals surface area contributed by atoms with Gasteiger partial charge in [0, 0.05) is 23.7 Å². The highest BCUT2D eigenvalue weighted by Gasteiger charge is 2.17. The third-order valence-corrected chi connectivity index (χ3v) is 3.67. The van der Waals surface area contributed by atoms with Crippen LogP contribution in [0, 0.1) is 0 Å². The van der Waals surface area contributed by atoms with Gasteiger partial charge in [-0.3, -0.25) is 9.78 Å². The zero-order valence-corrected chi connectivity index (χ0v) is 13.2. The summed E-state index contributed by atoms with van der Waals surface area (Å²) in [5.74, 6) is 1.08. The molecule has 0 atom stereocenters. The molecule has 0 bridgehead atoms. The van der Waals surface area contributed by atoms with Crippen molar-refractivity contribution >= 4 is 22.5 Å². The summed E-state index contributed by atoms with van der Waals surface area (Å²) in [5.41, 5.74) is 1.33. The van der Waals surface area contributed by atoms with Gasteiger partial charge in [-0.2, -0.15) is 0 Å². The number of furan rings is 1. The van der Waals surface area contributed by atoms with Crippen LogP contribution in [0.2, 0.25) is 0 Å². The van der Waals surface area contributed by atoms with Gasteiger partial charge in [0.05, 0.1) is 24.6 Å². The van der Waals surface area contributed by atoms with Gasteiger partial charge in [0.2, 0.25) is 5.76 Å². The molecule has 0 fully saturated rings. The molecule has 7 heteroatoms. The summed E-state index contributed by atoms with van der Waals surface area (Å²) < 4.78 is 15.7. The molecular weight excluding hydrogens is 322 g/mol. The van der Waals surface area contributed by atoms with E-state index in [9.17, 15) is 4.79 Å². The molecule has 0 aliphatic carbocycles. The number of anilines is 1. The first kappa shape index (κ1) is 14.9.